The summed E-state index contributed by atoms with van der Waals surface area (Å²) in [7, 11) is -1.53. The Morgan fingerprint density at radius 2 is 2.27 bits per heavy atom. The minimum atomic E-state index is -1.53. The van der Waals surface area contributed by atoms with Crippen LogP contribution >= 0.6 is 0 Å². The van der Waals surface area contributed by atoms with E-state index in [2.05, 4.69) is 5.10 Å². The molecule has 0 saturated heterocycles. The Bertz CT molecular complexity index is 225. The molecule has 0 unspecified atom stereocenters. The van der Waals surface area contributed by atoms with Crippen molar-refractivity contribution < 1.29 is 15.2 Å². The second kappa shape index (κ2) is 3.52. The van der Waals surface area contributed by atoms with Crippen LogP contribution in [0.25, 0.3) is 0 Å². The van der Waals surface area contributed by atoms with Crippen molar-refractivity contribution in [2.75, 3.05) is 6.61 Å². The summed E-state index contributed by atoms with van der Waals surface area (Å²) in [6.45, 7) is 0.357. The number of nitrogens with zero attached hydrogens (tertiary/aromatic N) is 2. The van der Waals surface area contributed by atoms with Crippen molar-refractivity contribution in [1.29, 1.82) is 0 Å². The Kier molecular flexibility index (Phi) is 2.64. The normalized spacial score (nSPS) is 10.1. The molecule has 1 aromatic rings. The quantitative estimate of drug-likeness (QED) is 0.424. The molecule has 3 N–H and O–H groups in total. The molecule has 1 rings (SSSR count). The predicted octanol–water partition coefficient (Wildman–Crippen LogP) is -2.44. The first-order valence-corrected chi connectivity index (χ1v) is 3.24. The van der Waals surface area contributed by atoms with E-state index in [1.54, 1.807) is 6.20 Å². The first kappa shape index (κ1) is 8.25. The van der Waals surface area contributed by atoms with Crippen LogP contribution in [0.5, 0.6) is 0 Å². The Labute approximate surface area is 64.0 Å². The van der Waals surface area contributed by atoms with Gasteiger partial charge in [-0.15, -0.1) is 0 Å². The standard InChI is InChI=1S/C5H9BN2O3/c9-4-3-8-2-1-5(7-8)6(10)11/h1-2,9-11H,3-4H2. The van der Waals surface area contributed by atoms with Gasteiger partial charge in [-0.2, -0.15) is 5.10 Å². The smallest absolute Gasteiger partial charge is 0.422 e. The average molecular weight is 156 g/mol. The monoisotopic (exact) mass is 156 g/mol. The van der Waals surface area contributed by atoms with E-state index < -0.39 is 7.12 Å². The molecule has 0 fully saturated rings. The van der Waals surface area contributed by atoms with Gasteiger partial charge < -0.3 is 15.2 Å². The van der Waals surface area contributed by atoms with E-state index in [0.29, 0.717) is 6.54 Å². The van der Waals surface area contributed by atoms with Crippen LogP contribution in [0.3, 0.4) is 0 Å². The number of aliphatic hydroxyl groups excluding tert-OH is 1. The molecule has 0 atom stereocenters. The van der Waals surface area contributed by atoms with E-state index in [9.17, 15) is 0 Å². The van der Waals surface area contributed by atoms with Gasteiger partial charge in [-0.3, -0.25) is 4.68 Å². The van der Waals surface area contributed by atoms with Gasteiger partial charge in [-0.25, -0.2) is 0 Å². The maximum Gasteiger partial charge on any atom is 0.510 e. The highest BCUT2D eigenvalue weighted by Gasteiger charge is 2.13. The van der Waals surface area contributed by atoms with Crippen LogP contribution in [0.4, 0.5) is 0 Å². The molecule has 0 aliphatic carbocycles. The highest BCUT2D eigenvalue weighted by atomic mass is 16.4. The van der Waals surface area contributed by atoms with Crippen LogP contribution in [0, 0.1) is 0 Å². The first-order chi connectivity index (χ1) is 5.24. The molecule has 1 heterocycles. The molecule has 5 nitrogen and oxygen atoms in total. The van der Waals surface area contributed by atoms with Crippen molar-refractivity contribution in [3.63, 3.8) is 0 Å². The van der Waals surface area contributed by atoms with Crippen molar-refractivity contribution in [3.8, 4) is 0 Å². The molecular formula is C5H9BN2O3. The second-order valence-corrected chi connectivity index (χ2v) is 2.10. The summed E-state index contributed by atoms with van der Waals surface area (Å²) in [4.78, 5) is 0. The lowest BCUT2D eigenvalue weighted by Crippen LogP contribution is -2.31. The number of hydrogen-bond acceptors (Lipinski definition) is 4. The van der Waals surface area contributed by atoms with Gasteiger partial charge >= 0.3 is 7.12 Å². The minimum Gasteiger partial charge on any atom is -0.422 e. The van der Waals surface area contributed by atoms with Crippen LogP contribution in [0.1, 0.15) is 0 Å². The maximum atomic E-state index is 8.62. The SMILES string of the molecule is OCCn1ccc(B(O)O)n1. The predicted molar refractivity (Wildman–Crippen MR) is 39.1 cm³/mol. The first-order valence-electron chi connectivity index (χ1n) is 3.24. The Hall–Kier alpha value is -0.845. The highest BCUT2D eigenvalue weighted by molar-refractivity contribution is 6.57. The molecule has 0 saturated carbocycles. The van der Waals surface area contributed by atoms with Crippen LogP contribution in [-0.4, -0.2) is 38.7 Å². The van der Waals surface area contributed by atoms with Gasteiger partial charge in [0.1, 0.15) is 0 Å². The lowest BCUT2D eigenvalue weighted by atomic mass is 9.87. The summed E-state index contributed by atoms with van der Waals surface area (Å²) in [6, 6.07) is 1.49. The van der Waals surface area contributed by atoms with Crippen LogP contribution in [-0.2, 0) is 6.54 Å². The van der Waals surface area contributed by atoms with E-state index in [4.69, 9.17) is 15.2 Å². The number of rotatable bonds is 3. The zero-order chi connectivity index (χ0) is 8.27. The molecule has 6 heteroatoms. The minimum absolute atomic E-state index is 0.0113. The zero-order valence-corrected chi connectivity index (χ0v) is 5.88. The van der Waals surface area contributed by atoms with Gasteiger partial charge in [0.25, 0.3) is 0 Å². The summed E-state index contributed by atoms with van der Waals surface area (Å²) in [5, 5.41) is 29.5. The number of hydrogen-bond donors (Lipinski definition) is 3. The molecule has 0 aliphatic rings. The fraction of sp³-hybridized carbons (Fsp3) is 0.400. The largest absolute Gasteiger partial charge is 0.510 e. The molecule has 0 aliphatic heterocycles. The van der Waals surface area contributed by atoms with Crippen molar-refractivity contribution in [2.45, 2.75) is 6.54 Å². The fourth-order valence-corrected chi connectivity index (χ4v) is 0.742. The van der Waals surface area contributed by atoms with E-state index in [1.807, 2.05) is 0 Å². The summed E-state index contributed by atoms with van der Waals surface area (Å²) < 4.78 is 1.44. The average Bonchev–Trinajstić information content (AvgIpc) is 2.37. The molecule has 1 aromatic heterocycles. The topological polar surface area (TPSA) is 78.5 Å². The van der Waals surface area contributed by atoms with Gasteiger partial charge in [0.05, 0.1) is 18.7 Å². The van der Waals surface area contributed by atoms with Crippen LogP contribution in [0.2, 0.25) is 0 Å². The highest BCUT2D eigenvalue weighted by Crippen LogP contribution is 1.82. The summed E-state index contributed by atoms with van der Waals surface area (Å²) in [6.07, 6.45) is 1.57. The lowest BCUT2D eigenvalue weighted by Gasteiger charge is -1.95. The molecule has 0 spiro atoms. The van der Waals surface area contributed by atoms with Crippen molar-refractivity contribution >= 4 is 12.7 Å². The fourth-order valence-electron chi connectivity index (χ4n) is 0.742. The summed E-state index contributed by atoms with van der Waals surface area (Å²) in [5.74, 6) is 0. The van der Waals surface area contributed by atoms with E-state index >= 15 is 0 Å². The lowest BCUT2D eigenvalue weighted by molar-refractivity contribution is 0.269. The number of aromatic nitrogens is 2. The molecule has 0 aromatic carbocycles. The van der Waals surface area contributed by atoms with E-state index in [1.165, 1.54) is 10.7 Å². The molecule has 0 amide bonds. The van der Waals surface area contributed by atoms with Gasteiger partial charge in [-0.1, -0.05) is 0 Å². The third kappa shape index (κ3) is 2.04. The zero-order valence-electron chi connectivity index (χ0n) is 5.88. The number of aliphatic hydroxyl groups is 1. The molecular weight excluding hydrogens is 147 g/mol. The van der Waals surface area contributed by atoms with Crippen molar-refractivity contribution in [2.24, 2.45) is 0 Å². The van der Waals surface area contributed by atoms with E-state index in [0.717, 1.165) is 0 Å². The van der Waals surface area contributed by atoms with Gasteiger partial charge in [0.15, 0.2) is 0 Å². The van der Waals surface area contributed by atoms with Crippen LogP contribution in [0.15, 0.2) is 12.3 Å². The third-order valence-electron chi connectivity index (χ3n) is 1.25. The van der Waals surface area contributed by atoms with Crippen molar-refractivity contribution in [1.82, 2.24) is 9.78 Å². The summed E-state index contributed by atoms with van der Waals surface area (Å²) in [5.41, 5.74) is 0.193. The van der Waals surface area contributed by atoms with Crippen LogP contribution < -0.4 is 5.59 Å². The Morgan fingerprint density at radius 1 is 1.55 bits per heavy atom. The molecule has 0 radical (unpaired) electrons. The van der Waals surface area contributed by atoms with Gasteiger partial charge in [0.2, 0.25) is 0 Å². The third-order valence-corrected chi connectivity index (χ3v) is 1.25. The summed E-state index contributed by atoms with van der Waals surface area (Å²) >= 11 is 0. The maximum absolute atomic E-state index is 8.62. The second-order valence-electron chi connectivity index (χ2n) is 2.10. The Morgan fingerprint density at radius 3 is 2.73 bits per heavy atom. The van der Waals surface area contributed by atoms with E-state index in [-0.39, 0.29) is 12.2 Å². The molecule has 60 valence electrons. The Balaban J connectivity index is 2.66. The van der Waals surface area contributed by atoms with Crippen molar-refractivity contribution in [3.05, 3.63) is 12.3 Å². The van der Waals surface area contributed by atoms with Gasteiger partial charge in [-0.05, 0) is 6.07 Å². The van der Waals surface area contributed by atoms with Gasteiger partial charge in [0, 0.05) is 6.20 Å². The molecule has 11 heavy (non-hydrogen) atoms. The molecule has 0 bridgehead atoms.